The average molecular weight is 503 g/mol. The molecule has 1 fully saturated rings. The van der Waals surface area contributed by atoms with E-state index in [0.29, 0.717) is 5.75 Å². The second-order valence-corrected chi connectivity index (χ2v) is 10.8. The van der Waals surface area contributed by atoms with E-state index in [0.717, 1.165) is 21.7 Å². The number of amides is 3. The quantitative estimate of drug-likeness (QED) is 0.534. The molecule has 0 bridgehead atoms. The highest BCUT2D eigenvalue weighted by molar-refractivity contribution is 7.13. The van der Waals surface area contributed by atoms with Crippen molar-refractivity contribution in [1.82, 2.24) is 20.5 Å². The van der Waals surface area contributed by atoms with Gasteiger partial charge in [-0.25, -0.2) is 4.98 Å². The summed E-state index contributed by atoms with van der Waals surface area (Å²) >= 11 is 1.55. The molecule has 3 N–H and O–H groups in total. The number of methoxy groups -OCH3 is 1. The number of hydrogen-bond donors (Lipinski definition) is 3. The third-order valence-corrected chi connectivity index (χ3v) is 7.05. The van der Waals surface area contributed by atoms with Gasteiger partial charge >= 0.3 is 0 Å². The van der Waals surface area contributed by atoms with Crippen LogP contribution < -0.4 is 15.4 Å². The molecule has 3 atom stereocenters. The first kappa shape index (κ1) is 26.6. The number of aryl methyl sites for hydroxylation is 1. The summed E-state index contributed by atoms with van der Waals surface area (Å²) in [7, 11) is 1.58. The van der Waals surface area contributed by atoms with Crippen LogP contribution in [0.25, 0.3) is 10.4 Å². The molecule has 9 nitrogen and oxygen atoms in total. The molecule has 10 heteroatoms. The largest absolute Gasteiger partial charge is 0.496 e. The van der Waals surface area contributed by atoms with Crippen molar-refractivity contribution in [3.05, 3.63) is 35.0 Å². The predicted octanol–water partition coefficient (Wildman–Crippen LogP) is 2.26. The first-order valence-electron chi connectivity index (χ1n) is 11.5. The molecule has 3 amide bonds. The Hall–Kier alpha value is -2.98. The van der Waals surface area contributed by atoms with E-state index in [-0.39, 0.29) is 37.2 Å². The van der Waals surface area contributed by atoms with Gasteiger partial charge < -0.3 is 25.4 Å². The van der Waals surface area contributed by atoms with Gasteiger partial charge in [-0.1, -0.05) is 32.9 Å². The molecule has 1 saturated heterocycles. The summed E-state index contributed by atoms with van der Waals surface area (Å²) in [4.78, 5) is 44.9. The number of likely N-dealkylation sites (tertiary alicyclic amines) is 1. The maximum absolute atomic E-state index is 13.3. The lowest BCUT2D eigenvalue weighted by molar-refractivity contribution is -0.143. The maximum atomic E-state index is 13.3. The molecule has 190 valence electrons. The Morgan fingerprint density at radius 1 is 1.31 bits per heavy atom. The number of nitrogens with one attached hydrogen (secondary N) is 2. The molecule has 3 rings (SSSR count). The van der Waals surface area contributed by atoms with Crippen LogP contribution in [-0.4, -0.2) is 64.6 Å². The van der Waals surface area contributed by atoms with Crippen LogP contribution in [0.1, 0.15) is 45.4 Å². The van der Waals surface area contributed by atoms with E-state index in [9.17, 15) is 19.5 Å². The smallest absolute Gasteiger partial charge is 0.246 e. The first-order chi connectivity index (χ1) is 16.4. The summed E-state index contributed by atoms with van der Waals surface area (Å²) in [5.41, 5.74) is 3.94. The number of aliphatic hydroxyl groups is 1. The van der Waals surface area contributed by atoms with Crippen LogP contribution >= 0.6 is 11.3 Å². The van der Waals surface area contributed by atoms with E-state index in [1.54, 1.807) is 24.0 Å². The number of rotatable bonds is 7. The minimum absolute atomic E-state index is 0.0370. The first-order valence-corrected chi connectivity index (χ1v) is 12.4. The Kier molecular flexibility index (Phi) is 8.17. The normalized spacial score (nSPS) is 18.8. The minimum atomic E-state index is -0.832. The van der Waals surface area contributed by atoms with Crippen molar-refractivity contribution in [1.29, 1.82) is 0 Å². The standard InChI is InChI=1S/C25H34N4O5S/c1-14-21(35-13-27-14)16-7-8-17(20(9-16)34-6)11-26-23(32)19-10-18(31)12-29(19)24(33)22(25(3,4)5)28-15(2)30/h7-9,13,18-19,22,31H,10-12H2,1-6H3,(H,26,32)(H,28,30). The van der Waals surface area contributed by atoms with E-state index in [2.05, 4.69) is 15.6 Å². The van der Waals surface area contributed by atoms with Gasteiger partial charge in [0.1, 0.15) is 17.8 Å². The molecular weight excluding hydrogens is 468 g/mol. The molecule has 1 aliphatic rings. The molecule has 1 aromatic carbocycles. The monoisotopic (exact) mass is 502 g/mol. The molecule has 0 aliphatic carbocycles. The van der Waals surface area contributed by atoms with Crippen molar-refractivity contribution in [3.63, 3.8) is 0 Å². The zero-order valence-electron chi connectivity index (χ0n) is 21.0. The second kappa shape index (κ2) is 10.7. The number of thiazole rings is 1. The summed E-state index contributed by atoms with van der Waals surface area (Å²) in [5, 5.41) is 15.8. The number of hydrogen-bond acceptors (Lipinski definition) is 7. The third kappa shape index (κ3) is 6.18. The minimum Gasteiger partial charge on any atom is -0.496 e. The van der Waals surface area contributed by atoms with Gasteiger partial charge in [0.25, 0.3) is 0 Å². The number of carbonyl (C=O) groups is 3. The van der Waals surface area contributed by atoms with Crippen LogP contribution in [-0.2, 0) is 20.9 Å². The van der Waals surface area contributed by atoms with Gasteiger partial charge in [0.2, 0.25) is 17.7 Å². The van der Waals surface area contributed by atoms with Gasteiger partial charge in [-0.2, -0.15) is 0 Å². The summed E-state index contributed by atoms with van der Waals surface area (Å²) in [6.45, 7) is 9.07. The number of ether oxygens (including phenoxy) is 1. The fourth-order valence-electron chi connectivity index (χ4n) is 4.23. The van der Waals surface area contributed by atoms with Crippen molar-refractivity contribution < 1.29 is 24.2 Å². The van der Waals surface area contributed by atoms with Gasteiger partial charge in [-0.05, 0) is 24.0 Å². The molecule has 1 aromatic heterocycles. The van der Waals surface area contributed by atoms with E-state index < -0.39 is 23.6 Å². The molecule has 35 heavy (non-hydrogen) atoms. The Labute approximate surface area is 209 Å². The summed E-state index contributed by atoms with van der Waals surface area (Å²) < 4.78 is 5.55. The number of benzene rings is 1. The van der Waals surface area contributed by atoms with Crippen molar-refractivity contribution in [2.75, 3.05) is 13.7 Å². The van der Waals surface area contributed by atoms with E-state index in [1.807, 2.05) is 45.9 Å². The van der Waals surface area contributed by atoms with Crippen molar-refractivity contribution in [2.24, 2.45) is 5.41 Å². The molecule has 2 heterocycles. The molecule has 3 unspecified atom stereocenters. The van der Waals surface area contributed by atoms with E-state index in [4.69, 9.17) is 4.74 Å². The summed E-state index contributed by atoms with van der Waals surface area (Å²) in [6, 6.07) is 4.12. The van der Waals surface area contributed by atoms with E-state index >= 15 is 0 Å². The molecule has 0 radical (unpaired) electrons. The van der Waals surface area contributed by atoms with E-state index in [1.165, 1.54) is 11.8 Å². The lowest BCUT2D eigenvalue weighted by Gasteiger charge is -2.35. The highest BCUT2D eigenvalue weighted by atomic mass is 32.1. The van der Waals surface area contributed by atoms with Crippen LogP contribution in [0.2, 0.25) is 0 Å². The van der Waals surface area contributed by atoms with Crippen molar-refractivity contribution >= 4 is 29.1 Å². The Bertz CT molecular complexity index is 1090. The van der Waals surface area contributed by atoms with Crippen molar-refractivity contribution in [3.8, 4) is 16.2 Å². The molecular formula is C25H34N4O5S. The summed E-state index contributed by atoms with van der Waals surface area (Å²) in [6.07, 6.45) is -0.681. The van der Waals surface area contributed by atoms with Gasteiger partial charge in [0.05, 0.1) is 29.3 Å². The molecule has 0 spiro atoms. The second-order valence-electron chi connectivity index (χ2n) is 9.91. The zero-order valence-corrected chi connectivity index (χ0v) is 21.9. The number of β-amino-alcohol motifs (C(OH)–C–C–N with tert-alkyl or cyclic N) is 1. The van der Waals surface area contributed by atoms with Crippen LogP contribution in [0.4, 0.5) is 0 Å². The van der Waals surface area contributed by atoms with Crippen LogP contribution in [0, 0.1) is 12.3 Å². The van der Waals surface area contributed by atoms with Gasteiger partial charge in [-0.3, -0.25) is 14.4 Å². The maximum Gasteiger partial charge on any atom is 0.246 e. The Balaban J connectivity index is 1.74. The Morgan fingerprint density at radius 2 is 2.03 bits per heavy atom. The Morgan fingerprint density at radius 3 is 2.60 bits per heavy atom. The zero-order chi connectivity index (χ0) is 25.9. The highest BCUT2D eigenvalue weighted by Crippen LogP contribution is 2.32. The van der Waals surface area contributed by atoms with Gasteiger partial charge in [0, 0.05) is 32.0 Å². The SMILES string of the molecule is COc1cc(-c2scnc2C)ccc1CNC(=O)C1CC(O)CN1C(=O)C(NC(C)=O)C(C)(C)C. The van der Waals surface area contributed by atoms with Gasteiger partial charge in [0.15, 0.2) is 0 Å². The number of carbonyl (C=O) groups excluding carboxylic acids is 3. The molecule has 1 aliphatic heterocycles. The lowest BCUT2D eigenvalue weighted by atomic mass is 9.85. The van der Waals surface area contributed by atoms with Crippen LogP contribution in [0.3, 0.4) is 0 Å². The van der Waals surface area contributed by atoms with Gasteiger partial charge in [-0.15, -0.1) is 11.3 Å². The summed E-state index contributed by atoms with van der Waals surface area (Å²) in [5.74, 6) is -0.447. The average Bonchev–Trinajstić information content (AvgIpc) is 3.39. The fourth-order valence-corrected chi connectivity index (χ4v) is 5.04. The molecule has 2 aromatic rings. The predicted molar refractivity (Wildman–Crippen MR) is 134 cm³/mol. The fraction of sp³-hybridized carbons (Fsp3) is 0.520. The van der Waals surface area contributed by atoms with Crippen molar-refractivity contribution in [2.45, 2.75) is 65.8 Å². The number of aromatic nitrogens is 1. The lowest BCUT2D eigenvalue weighted by Crippen LogP contribution is -2.57. The van der Waals surface area contributed by atoms with Crippen LogP contribution in [0.15, 0.2) is 23.7 Å². The molecule has 0 saturated carbocycles. The topological polar surface area (TPSA) is 121 Å². The third-order valence-electron chi connectivity index (χ3n) is 6.07. The number of nitrogens with zero attached hydrogens (tertiary/aromatic N) is 2. The number of aliphatic hydroxyl groups excluding tert-OH is 1. The van der Waals surface area contributed by atoms with Crippen LogP contribution in [0.5, 0.6) is 5.75 Å². The highest BCUT2D eigenvalue weighted by Gasteiger charge is 2.44.